The summed E-state index contributed by atoms with van der Waals surface area (Å²) in [7, 11) is 0. The number of benzene rings is 1. The summed E-state index contributed by atoms with van der Waals surface area (Å²) in [5.74, 6) is 5.63. The highest BCUT2D eigenvalue weighted by atomic mass is 16.1. The molecule has 20 heavy (non-hydrogen) atoms. The topological polar surface area (TPSA) is 83.8 Å². The third-order valence-corrected chi connectivity index (χ3v) is 2.79. The number of aromatic nitrogens is 2. The SMILES string of the molecule is Cc1[nH]ncc1C(=O)NCc1cccc(C#CCN)c1. The zero-order valence-electron chi connectivity index (χ0n) is 11.2. The summed E-state index contributed by atoms with van der Waals surface area (Å²) in [5, 5.41) is 9.42. The molecule has 0 spiro atoms. The Bertz CT molecular complexity index is 664. The number of nitrogens with zero attached hydrogens (tertiary/aromatic N) is 1. The first kappa shape index (κ1) is 13.8. The maximum Gasteiger partial charge on any atom is 0.255 e. The number of carbonyl (C=O) groups excluding carboxylic acids is 1. The average molecular weight is 268 g/mol. The van der Waals surface area contributed by atoms with Gasteiger partial charge in [0.15, 0.2) is 0 Å². The van der Waals surface area contributed by atoms with E-state index in [1.807, 2.05) is 31.2 Å². The van der Waals surface area contributed by atoms with Crippen molar-refractivity contribution in [1.29, 1.82) is 0 Å². The van der Waals surface area contributed by atoms with E-state index < -0.39 is 0 Å². The predicted octanol–water partition coefficient (Wildman–Crippen LogP) is 0.958. The van der Waals surface area contributed by atoms with Crippen LogP contribution in [-0.2, 0) is 6.54 Å². The molecule has 0 unspecified atom stereocenters. The quantitative estimate of drug-likeness (QED) is 0.725. The van der Waals surface area contributed by atoms with Crippen molar-refractivity contribution in [2.75, 3.05) is 6.54 Å². The van der Waals surface area contributed by atoms with Crippen LogP contribution in [0, 0.1) is 18.8 Å². The van der Waals surface area contributed by atoms with Gasteiger partial charge in [-0.25, -0.2) is 0 Å². The Hall–Kier alpha value is -2.58. The van der Waals surface area contributed by atoms with Crippen LogP contribution in [0.1, 0.15) is 27.2 Å². The van der Waals surface area contributed by atoms with Gasteiger partial charge < -0.3 is 11.1 Å². The third-order valence-electron chi connectivity index (χ3n) is 2.79. The minimum atomic E-state index is -0.144. The number of H-pyrrole nitrogens is 1. The number of nitrogens with one attached hydrogen (secondary N) is 2. The second-order valence-electron chi connectivity index (χ2n) is 4.30. The normalized spacial score (nSPS) is 9.70. The van der Waals surface area contributed by atoms with Crippen molar-refractivity contribution < 1.29 is 4.79 Å². The zero-order valence-corrected chi connectivity index (χ0v) is 11.2. The first-order valence-corrected chi connectivity index (χ1v) is 6.26. The van der Waals surface area contributed by atoms with Crippen molar-refractivity contribution in [3.63, 3.8) is 0 Å². The fraction of sp³-hybridized carbons (Fsp3) is 0.200. The number of carbonyl (C=O) groups is 1. The van der Waals surface area contributed by atoms with Gasteiger partial charge in [-0.15, -0.1) is 0 Å². The summed E-state index contributed by atoms with van der Waals surface area (Å²) in [6, 6.07) is 7.70. The Labute approximate surface area is 117 Å². The number of amides is 1. The van der Waals surface area contributed by atoms with Crippen molar-refractivity contribution in [2.45, 2.75) is 13.5 Å². The number of aryl methyl sites for hydroxylation is 1. The van der Waals surface area contributed by atoms with Gasteiger partial charge in [0.1, 0.15) is 0 Å². The Morgan fingerprint density at radius 3 is 3.05 bits per heavy atom. The van der Waals surface area contributed by atoms with E-state index in [0.29, 0.717) is 18.7 Å². The van der Waals surface area contributed by atoms with Crippen LogP contribution >= 0.6 is 0 Å². The van der Waals surface area contributed by atoms with E-state index in [1.165, 1.54) is 6.20 Å². The molecular weight excluding hydrogens is 252 g/mol. The second-order valence-corrected chi connectivity index (χ2v) is 4.30. The summed E-state index contributed by atoms with van der Waals surface area (Å²) in [6.45, 7) is 2.59. The number of nitrogens with two attached hydrogens (primary N) is 1. The lowest BCUT2D eigenvalue weighted by Crippen LogP contribution is -2.23. The van der Waals surface area contributed by atoms with E-state index in [0.717, 1.165) is 16.8 Å². The van der Waals surface area contributed by atoms with Gasteiger partial charge in [-0.2, -0.15) is 5.10 Å². The first-order valence-electron chi connectivity index (χ1n) is 6.26. The number of aromatic amines is 1. The number of hydrogen-bond donors (Lipinski definition) is 3. The summed E-state index contributed by atoms with van der Waals surface area (Å²) in [6.07, 6.45) is 1.52. The van der Waals surface area contributed by atoms with Crippen molar-refractivity contribution in [1.82, 2.24) is 15.5 Å². The summed E-state index contributed by atoms with van der Waals surface area (Å²) in [5.41, 5.74) is 8.54. The van der Waals surface area contributed by atoms with Gasteiger partial charge in [-0.3, -0.25) is 9.89 Å². The van der Waals surface area contributed by atoms with E-state index in [-0.39, 0.29) is 5.91 Å². The van der Waals surface area contributed by atoms with Crippen LogP contribution in [0.25, 0.3) is 0 Å². The molecule has 5 nitrogen and oxygen atoms in total. The third kappa shape index (κ3) is 3.46. The molecule has 0 saturated carbocycles. The highest BCUT2D eigenvalue weighted by molar-refractivity contribution is 5.94. The second kappa shape index (κ2) is 6.55. The molecule has 0 atom stereocenters. The van der Waals surface area contributed by atoms with Crippen LogP contribution < -0.4 is 11.1 Å². The Kier molecular flexibility index (Phi) is 4.53. The van der Waals surface area contributed by atoms with Gasteiger partial charge in [-0.05, 0) is 24.6 Å². The monoisotopic (exact) mass is 268 g/mol. The molecule has 0 aliphatic carbocycles. The van der Waals surface area contributed by atoms with Crippen LogP contribution in [0.5, 0.6) is 0 Å². The molecule has 1 aromatic heterocycles. The first-order chi connectivity index (χ1) is 9.70. The standard InChI is InChI=1S/C15H16N4O/c1-11-14(10-18-19-11)15(20)17-9-13-5-2-4-12(8-13)6-3-7-16/h2,4-5,8,10H,7,9,16H2,1H3,(H,17,20)(H,18,19). The summed E-state index contributed by atoms with van der Waals surface area (Å²) < 4.78 is 0. The van der Waals surface area contributed by atoms with E-state index in [1.54, 1.807) is 0 Å². The fourth-order valence-corrected chi connectivity index (χ4v) is 1.77. The molecule has 0 saturated heterocycles. The van der Waals surface area contributed by atoms with E-state index in [9.17, 15) is 4.79 Å². The molecule has 0 fully saturated rings. The number of rotatable bonds is 3. The molecule has 2 rings (SSSR count). The predicted molar refractivity (Wildman–Crippen MR) is 76.9 cm³/mol. The van der Waals surface area contributed by atoms with Gasteiger partial charge in [0.05, 0.1) is 18.3 Å². The van der Waals surface area contributed by atoms with Gasteiger partial charge in [-0.1, -0.05) is 24.0 Å². The van der Waals surface area contributed by atoms with Crippen LogP contribution in [-0.4, -0.2) is 22.6 Å². The van der Waals surface area contributed by atoms with Gasteiger partial charge >= 0.3 is 0 Å². The van der Waals surface area contributed by atoms with E-state index in [2.05, 4.69) is 27.4 Å². The van der Waals surface area contributed by atoms with E-state index >= 15 is 0 Å². The highest BCUT2D eigenvalue weighted by Gasteiger charge is 2.09. The van der Waals surface area contributed by atoms with Crippen LogP contribution in [0.3, 0.4) is 0 Å². The largest absolute Gasteiger partial charge is 0.348 e. The molecule has 0 aliphatic heterocycles. The smallest absolute Gasteiger partial charge is 0.255 e. The molecule has 0 bridgehead atoms. The van der Waals surface area contributed by atoms with Crippen LogP contribution in [0.2, 0.25) is 0 Å². The maximum atomic E-state index is 11.9. The molecule has 1 heterocycles. The average Bonchev–Trinajstić information content (AvgIpc) is 2.89. The van der Waals surface area contributed by atoms with Gasteiger partial charge in [0.25, 0.3) is 5.91 Å². The van der Waals surface area contributed by atoms with Crippen molar-refractivity contribution in [2.24, 2.45) is 5.73 Å². The molecule has 1 amide bonds. The van der Waals surface area contributed by atoms with E-state index in [4.69, 9.17) is 5.73 Å². The minimum Gasteiger partial charge on any atom is -0.348 e. The molecule has 5 heteroatoms. The highest BCUT2D eigenvalue weighted by Crippen LogP contribution is 2.06. The molecule has 4 N–H and O–H groups in total. The summed E-state index contributed by atoms with van der Waals surface area (Å²) in [4.78, 5) is 11.9. The van der Waals surface area contributed by atoms with Crippen molar-refractivity contribution >= 4 is 5.91 Å². The zero-order chi connectivity index (χ0) is 14.4. The molecule has 0 aliphatic rings. The molecule has 0 radical (unpaired) electrons. The van der Waals surface area contributed by atoms with Crippen LogP contribution in [0.4, 0.5) is 0 Å². The maximum absolute atomic E-state index is 11.9. The van der Waals surface area contributed by atoms with Crippen LogP contribution in [0.15, 0.2) is 30.5 Å². The van der Waals surface area contributed by atoms with Crippen molar-refractivity contribution in [3.05, 3.63) is 52.8 Å². The Balaban J connectivity index is 2.01. The molecule has 2 aromatic rings. The number of hydrogen-bond acceptors (Lipinski definition) is 3. The Morgan fingerprint density at radius 1 is 1.50 bits per heavy atom. The lowest BCUT2D eigenvalue weighted by atomic mass is 10.1. The summed E-state index contributed by atoms with van der Waals surface area (Å²) >= 11 is 0. The molecular formula is C15H16N4O. The van der Waals surface area contributed by atoms with Gasteiger partial charge in [0.2, 0.25) is 0 Å². The molecule has 1 aromatic carbocycles. The van der Waals surface area contributed by atoms with Gasteiger partial charge in [0, 0.05) is 17.8 Å². The minimum absolute atomic E-state index is 0.144. The van der Waals surface area contributed by atoms with Crippen molar-refractivity contribution in [3.8, 4) is 11.8 Å². The Morgan fingerprint density at radius 2 is 2.35 bits per heavy atom. The lowest BCUT2D eigenvalue weighted by Gasteiger charge is -2.05. The lowest BCUT2D eigenvalue weighted by molar-refractivity contribution is 0.0950. The fourth-order valence-electron chi connectivity index (χ4n) is 1.77. The molecule has 102 valence electrons.